The van der Waals surface area contributed by atoms with Crippen molar-refractivity contribution in [2.75, 3.05) is 25.1 Å². The molecule has 28 heavy (non-hydrogen) atoms. The summed E-state index contributed by atoms with van der Waals surface area (Å²) in [6, 6.07) is 18.5. The molecule has 5 nitrogen and oxygen atoms in total. The van der Waals surface area contributed by atoms with Crippen LogP contribution in [0, 0.1) is 0 Å². The van der Waals surface area contributed by atoms with Crippen molar-refractivity contribution < 1.29 is 4.74 Å². The molecule has 4 aromatic rings. The lowest BCUT2D eigenvalue weighted by molar-refractivity contribution is 0.415. The number of ether oxygens (including phenoxy) is 1. The minimum atomic E-state index is 0.856. The Balaban J connectivity index is 1.42. The van der Waals surface area contributed by atoms with Gasteiger partial charge in [-0.05, 0) is 48.7 Å². The quantitative estimate of drug-likeness (QED) is 0.555. The molecule has 1 N–H and O–H groups in total. The molecule has 0 aliphatic carbocycles. The first-order chi connectivity index (χ1) is 13.8. The maximum Gasteiger partial charge on any atom is 0.203 e. The van der Waals surface area contributed by atoms with Gasteiger partial charge in [0, 0.05) is 30.4 Å². The second-order valence-corrected chi connectivity index (χ2v) is 7.15. The van der Waals surface area contributed by atoms with Gasteiger partial charge in [-0.25, -0.2) is 4.98 Å². The summed E-state index contributed by atoms with van der Waals surface area (Å²) in [7, 11) is 1.68. The molecular formula is C23H22N4O. The Morgan fingerprint density at radius 1 is 0.893 bits per heavy atom. The molecule has 1 aliphatic heterocycles. The highest BCUT2D eigenvalue weighted by Crippen LogP contribution is 2.27. The number of aromatic nitrogens is 3. The molecule has 2 aromatic heterocycles. The highest BCUT2D eigenvalue weighted by atomic mass is 16.5. The average molecular weight is 370 g/mol. The third-order valence-corrected chi connectivity index (χ3v) is 5.36. The van der Waals surface area contributed by atoms with Gasteiger partial charge in [-0.3, -0.25) is 4.98 Å². The lowest BCUT2D eigenvalue weighted by atomic mass is 10.1. The number of H-pyrrole nitrogens is 1. The number of benzene rings is 2. The van der Waals surface area contributed by atoms with E-state index in [1.165, 1.54) is 12.8 Å². The van der Waals surface area contributed by atoms with Gasteiger partial charge in [-0.15, -0.1) is 0 Å². The fourth-order valence-corrected chi connectivity index (χ4v) is 3.75. The van der Waals surface area contributed by atoms with Crippen molar-refractivity contribution in [1.82, 2.24) is 15.0 Å². The molecule has 0 amide bonds. The van der Waals surface area contributed by atoms with Gasteiger partial charge in [0.05, 0.1) is 23.8 Å². The molecule has 0 bridgehead atoms. The predicted molar refractivity (Wildman–Crippen MR) is 113 cm³/mol. The lowest BCUT2D eigenvalue weighted by Gasteiger charge is -2.12. The molecule has 5 rings (SSSR count). The zero-order valence-corrected chi connectivity index (χ0v) is 15.9. The summed E-state index contributed by atoms with van der Waals surface area (Å²) in [6.07, 6.45) is 4.41. The zero-order chi connectivity index (χ0) is 18.9. The molecule has 2 aromatic carbocycles. The van der Waals surface area contributed by atoms with Crippen LogP contribution in [0.2, 0.25) is 0 Å². The molecule has 0 spiro atoms. The van der Waals surface area contributed by atoms with Gasteiger partial charge in [0.2, 0.25) is 5.95 Å². The first kappa shape index (κ1) is 16.8. The number of nitrogens with one attached hydrogen (secondary N) is 1. The molecule has 0 radical (unpaired) electrons. The van der Waals surface area contributed by atoms with Gasteiger partial charge in [0.15, 0.2) is 0 Å². The molecule has 1 fully saturated rings. The fourth-order valence-electron chi connectivity index (χ4n) is 3.75. The maximum atomic E-state index is 5.22. The third kappa shape index (κ3) is 3.09. The number of rotatable bonds is 4. The Kier molecular flexibility index (Phi) is 4.20. The van der Waals surface area contributed by atoms with Crippen molar-refractivity contribution in [1.29, 1.82) is 0 Å². The second-order valence-electron chi connectivity index (χ2n) is 7.15. The molecular weight excluding hydrogens is 348 g/mol. The Morgan fingerprint density at radius 2 is 1.64 bits per heavy atom. The standard InChI is InChI=1S/C23H22N4O/c1-28-19-8-4-16(5-9-19)18-7-10-20(24-15-18)17-6-11-21-22(14-17)26-23(25-21)27-12-2-3-13-27/h4-11,14-15H,2-3,12-13H2,1H3,(H,25,26). The van der Waals surface area contributed by atoms with Crippen LogP contribution in [0.15, 0.2) is 60.8 Å². The number of hydrogen-bond donors (Lipinski definition) is 1. The van der Waals surface area contributed by atoms with Crippen LogP contribution in [0.5, 0.6) is 5.75 Å². The predicted octanol–water partition coefficient (Wildman–Crippen LogP) is 4.90. The maximum absolute atomic E-state index is 5.22. The number of nitrogens with zero attached hydrogens (tertiary/aromatic N) is 3. The number of anilines is 1. The first-order valence-electron chi connectivity index (χ1n) is 9.66. The Hall–Kier alpha value is -3.34. The van der Waals surface area contributed by atoms with Crippen molar-refractivity contribution in [3.63, 3.8) is 0 Å². The van der Waals surface area contributed by atoms with E-state index in [1.807, 2.05) is 30.5 Å². The van der Waals surface area contributed by atoms with Gasteiger partial charge >= 0.3 is 0 Å². The molecule has 3 heterocycles. The summed E-state index contributed by atoms with van der Waals surface area (Å²) in [5.74, 6) is 1.84. The second kappa shape index (κ2) is 7.00. The van der Waals surface area contributed by atoms with Crippen LogP contribution < -0.4 is 9.64 Å². The van der Waals surface area contributed by atoms with Gasteiger partial charge in [-0.2, -0.15) is 0 Å². The van der Waals surface area contributed by atoms with E-state index in [4.69, 9.17) is 9.72 Å². The Labute approximate surface area is 164 Å². The molecule has 1 saturated heterocycles. The molecule has 5 heteroatoms. The summed E-state index contributed by atoms with van der Waals surface area (Å²) >= 11 is 0. The van der Waals surface area contributed by atoms with Gasteiger partial charge in [-0.1, -0.05) is 24.3 Å². The summed E-state index contributed by atoms with van der Waals surface area (Å²) < 4.78 is 5.22. The van der Waals surface area contributed by atoms with Crippen LogP contribution >= 0.6 is 0 Å². The van der Waals surface area contributed by atoms with Crippen molar-refractivity contribution in [2.45, 2.75) is 12.8 Å². The monoisotopic (exact) mass is 370 g/mol. The van der Waals surface area contributed by atoms with Crippen LogP contribution in [0.3, 0.4) is 0 Å². The summed E-state index contributed by atoms with van der Waals surface area (Å²) in [6.45, 7) is 2.17. The van der Waals surface area contributed by atoms with E-state index in [1.54, 1.807) is 7.11 Å². The van der Waals surface area contributed by atoms with E-state index in [9.17, 15) is 0 Å². The van der Waals surface area contributed by atoms with E-state index in [0.29, 0.717) is 0 Å². The number of hydrogen-bond acceptors (Lipinski definition) is 4. The molecule has 0 saturated carbocycles. The number of imidazole rings is 1. The van der Waals surface area contributed by atoms with E-state index >= 15 is 0 Å². The number of methoxy groups -OCH3 is 1. The lowest BCUT2D eigenvalue weighted by Crippen LogP contribution is -2.18. The summed E-state index contributed by atoms with van der Waals surface area (Å²) in [4.78, 5) is 15.2. The highest BCUT2D eigenvalue weighted by Gasteiger charge is 2.16. The molecule has 1 aliphatic rings. The smallest absolute Gasteiger partial charge is 0.203 e. The molecule has 140 valence electrons. The summed E-state index contributed by atoms with van der Waals surface area (Å²) in [5, 5.41) is 0. The fraction of sp³-hybridized carbons (Fsp3) is 0.217. The minimum Gasteiger partial charge on any atom is -0.497 e. The van der Waals surface area contributed by atoms with Crippen molar-refractivity contribution in [3.05, 3.63) is 60.8 Å². The third-order valence-electron chi connectivity index (χ3n) is 5.36. The normalized spacial score (nSPS) is 14.0. The van der Waals surface area contributed by atoms with E-state index in [0.717, 1.165) is 58.2 Å². The Morgan fingerprint density at radius 3 is 2.36 bits per heavy atom. The largest absolute Gasteiger partial charge is 0.497 e. The van der Waals surface area contributed by atoms with Gasteiger partial charge in [0.25, 0.3) is 0 Å². The van der Waals surface area contributed by atoms with Crippen LogP contribution in [-0.4, -0.2) is 35.2 Å². The highest BCUT2D eigenvalue weighted by molar-refractivity contribution is 5.83. The van der Waals surface area contributed by atoms with Crippen molar-refractivity contribution >= 4 is 17.0 Å². The summed E-state index contributed by atoms with van der Waals surface area (Å²) in [5.41, 5.74) is 6.31. The first-order valence-corrected chi connectivity index (χ1v) is 9.66. The zero-order valence-electron chi connectivity index (χ0n) is 15.9. The van der Waals surface area contributed by atoms with Crippen molar-refractivity contribution in [3.8, 4) is 28.1 Å². The van der Waals surface area contributed by atoms with Crippen LogP contribution in [-0.2, 0) is 0 Å². The van der Waals surface area contributed by atoms with E-state index < -0.39 is 0 Å². The minimum absolute atomic E-state index is 0.856. The number of pyridine rings is 1. The number of fused-ring (bicyclic) bond motifs is 1. The average Bonchev–Trinajstić information content (AvgIpc) is 3.43. The van der Waals surface area contributed by atoms with Gasteiger partial charge in [0.1, 0.15) is 5.75 Å². The molecule has 0 atom stereocenters. The Bertz CT molecular complexity index is 1090. The van der Waals surface area contributed by atoms with Crippen LogP contribution in [0.1, 0.15) is 12.8 Å². The topological polar surface area (TPSA) is 54.0 Å². The van der Waals surface area contributed by atoms with Crippen LogP contribution in [0.4, 0.5) is 5.95 Å². The van der Waals surface area contributed by atoms with Gasteiger partial charge < -0.3 is 14.6 Å². The molecule has 0 unspecified atom stereocenters. The van der Waals surface area contributed by atoms with Crippen molar-refractivity contribution in [2.24, 2.45) is 0 Å². The van der Waals surface area contributed by atoms with E-state index in [-0.39, 0.29) is 0 Å². The van der Waals surface area contributed by atoms with E-state index in [2.05, 4.69) is 45.2 Å². The number of aromatic amines is 1. The SMILES string of the molecule is COc1ccc(-c2ccc(-c3ccc4nc(N5CCCC5)[nH]c4c3)nc2)cc1. The van der Waals surface area contributed by atoms with Crippen LogP contribution in [0.25, 0.3) is 33.4 Å².